The van der Waals surface area contributed by atoms with Crippen LogP contribution in [0.15, 0.2) is 24.3 Å². The van der Waals surface area contributed by atoms with Crippen molar-refractivity contribution in [3.05, 3.63) is 24.3 Å². The Kier molecular flexibility index (Phi) is 62.3. The van der Waals surface area contributed by atoms with Crippen molar-refractivity contribution >= 4 is 5.91 Å². The first-order valence-electron chi connectivity index (χ1n) is 33.6. The number of carbonyl (C=O) groups is 1. The van der Waals surface area contributed by atoms with E-state index in [1.807, 2.05) is 0 Å². The van der Waals surface area contributed by atoms with Crippen LogP contribution in [0.3, 0.4) is 0 Å². The van der Waals surface area contributed by atoms with Crippen molar-refractivity contribution in [3.8, 4) is 0 Å². The summed E-state index contributed by atoms with van der Waals surface area (Å²) < 4.78 is 0. The van der Waals surface area contributed by atoms with Crippen LogP contribution in [0.2, 0.25) is 0 Å². The smallest absolute Gasteiger partial charge is 0.220 e. The van der Waals surface area contributed by atoms with Crippen LogP contribution in [0.1, 0.15) is 380 Å². The first-order chi connectivity index (χ1) is 36.1. The lowest BCUT2D eigenvalue weighted by Gasteiger charge is -2.26. The number of rotatable bonds is 63. The maximum Gasteiger partial charge on any atom is 0.220 e. The maximum atomic E-state index is 12.5. The highest BCUT2D eigenvalue weighted by Gasteiger charge is 2.26. The van der Waals surface area contributed by atoms with E-state index in [2.05, 4.69) is 43.5 Å². The monoisotopic (exact) mass is 1030 g/mol. The van der Waals surface area contributed by atoms with Gasteiger partial charge in [-0.3, -0.25) is 4.79 Å². The Morgan fingerprint density at radius 3 is 0.836 bits per heavy atom. The molecule has 3 atom stereocenters. The summed E-state index contributed by atoms with van der Waals surface area (Å²) in [5.41, 5.74) is 0. The van der Waals surface area contributed by atoms with Crippen LogP contribution in [0.4, 0.5) is 0 Å². The van der Waals surface area contributed by atoms with E-state index in [-0.39, 0.29) is 12.5 Å². The SMILES string of the molecule is CCCCCCCCCCCCC/C=C/CC/C=C/CCCC(O)C(O)C(CO)NC(=O)CCCCCCCCCCCCCCCCCCCCCCCCCCCCCCCCCCCCCCCCC. The van der Waals surface area contributed by atoms with Gasteiger partial charge in [0.1, 0.15) is 6.10 Å². The molecule has 0 aromatic rings. The zero-order valence-electron chi connectivity index (χ0n) is 49.8. The molecule has 0 aliphatic rings. The van der Waals surface area contributed by atoms with E-state index in [1.165, 1.54) is 308 Å². The summed E-state index contributed by atoms with van der Waals surface area (Å²) in [5.74, 6) is -0.150. The second kappa shape index (κ2) is 63.4. The zero-order valence-corrected chi connectivity index (χ0v) is 49.8. The molecule has 0 saturated carbocycles. The predicted molar refractivity (Wildman–Crippen MR) is 324 cm³/mol. The molecular weight excluding hydrogens is 895 g/mol. The maximum absolute atomic E-state index is 12.5. The second-order valence-electron chi connectivity index (χ2n) is 23.4. The van der Waals surface area contributed by atoms with E-state index < -0.39 is 18.2 Å². The van der Waals surface area contributed by atoms with Crippen LogP contribution >= 0.6 is 0 Å². The molecule has 73 heavy (non-hydrogen) atoms. The molecule has 0 aromatic heterocycles. The van der Waals surface area contributed by atoms with Crippen molar-refractivity contribution in [2.75, 3.05) is 6.61 Å². The van der Waals surface area contributed by atoms with Crippen molar-refractivity contribution in [1.82, 2.24) is 5.32 Å². The summed E-state index contributed by atoms with van der Waals surface area (Å²) in [5, 5.41) is 33.8. The van der Waals surface area contributed by atoms with Gasteiger partial charge in [0.2, 0.25) is 5.91 Å². The third kappa shape index (κ3) is 58.4. The fraction of sp³-hybridized carbons (Fsp3) is 0.926. The Bertz CT molecular complexity index is 1090. The zero-order chi connectivity index (χ0) is 52.9. The number of allylic oxidation sites excluding steroid dienone is 4. The minimum atomic E-state index is -1.17. The van der Waals surface area contributed by atoms with Crippen molar-refractivity contribution in [3.63, 3.8) is 0 Å². The number of aliphatic hydroxyl groups excluding tert-OH is 3. The quantitative estimate of drug-likeness (QED) is 0.0361. The van der Waals surface area contributed by atoms with Gasteiger partial charge < -0.3 is 20.6 Å². The lowest BCUT2D eigenvalue weighted by atomic mass is 10.0. The number of aliphatic hydroxyl groups is 3. The molecule has 0 fully saturated rings. The Morgan fingerprint density at radius 1 is 0.329 bits per heavy atom. The van der Waals surface area contributed by atoms with Gasteiger partial charge in [0, 0.05) is 6.42 Å². The van der Waals surface area contributed by atoms with Crippen LogP contribution in [-0.4, -0.2) is 46.1 Å². The molecule has 0 heterocycles. The molecule has 0 spiro atoms. The van der Waals surface area contributed by atoms with Crippen LogP contribution in [0.5, 0.6) is 0 Å². The van der Waals surface area contributed by atoms with Gasteiger partial charge in [-0.2, -0.15) is 0 Å². The van der Waals surface area contributed by atoms with Crippen molar-refractivity contribution < 1.29 is 20.1 Å². The molecule has 0 saturated heterocycles. The summed E-state index contributed by atoms with van der Waals surface area (Å²) in [6, 6.07) is -0.831. The first-order valence-corrected chi connectivity index (χ1v) is 33.6. The molecule has 434 valence electrons. The van der Waals surface area contributed by atoms with Gasteiger partial charge >= 0.3 is 0 Å². The standard InChI is InChI=1S/C68H133NO4/c1-3-5-7-9-11-13-15-17-19-21-23-25-26-27-28-29-30-31-32-33-34-35-36-37-38-39-40-41-42-43-45-47-49-51-53-55-57-59-61-63-67(72)69-65(64-70)68(73)66(71)62-60-58-56-54-52-50-48-46-44-24-22-20-18-16-14-12-10-8-6-4-2/h46,48,54,56,65-66,68,70-71,73H,3-45,47,49-53,55,57-64H2,1-2H3,(H,69,72)/b48-46+,56-54+. The molecular formula is C68H133NO4. The van der Waals surface area contributed by atoms with E-state index in [9.17, 15) is 20.1 Å². The predicted octanol–water partition coefficient (Wildman–Crippen LogP) is 21.6. The Morgan fingerprint density at radius 2 is 0.562 bits per heavy atom. The summed E-state index contributed by atoms with van der Waals surface area (Å²) in [6.07, 6.45) is 82.6. The second-order valence-corrected chi connectivity index (χ2v) is 23.4. The molecule has 0 radical (unpaired) electrons. The molecule has 4 N–H and O–H groups in total. The average Bonchev–Trinajstić information content (AvgIpc) is 3.40. The van der Waals surface area contributed by atoms with Crippen molar-refractivity contribution in [1.29, 1.82) is 0 Å². The highest BCUT2D eigenvalue weighted by molar-refractivity contribution is 5.76. The van der Waals surface area contributed by atoms with Gasteiger partial charge in [0.15, 0.2) is 0 Å². The Hall–Kier alpha value is -1.17. The molecule has 5 nitrogen and oxygen atoms in total. The molecule has 0 aliphatic heterocycles. The summed E-state index contributed by atoms with van der Waals surface area (Å²) in [7, 11) is 0. The third-order valence-electron chi connectivity index (χ3n) is 16.0. The molecule has 0 bridgehead atoms. The highest BCUT2D eigenvalue weighted by Crippen LogP contribution is 2.19. The minimum absolute atomic E-state index is 0.150. The average molecular weight is 1030 g/mol. The van der Waals surface area contributed by atoms with Crippen molar-refractivity contribution in [2.24, 2.45) is 0 Å². The van der Waals surface area contributed by atoms with Gasteiger partial charge in [-0.15, -0.1) is 0 Å². The fourth-order valence-electron chi connectivity index (χ4n) is 10.9. The van der Waals surface area contributed by atoms with E-state index in [0.717, 1.165) is 44.9 Å². The van der Waals surface area contributed by atoms with Gasteiger partial charge in [-0.1, -0.05) is 346 Å². The lowest BCUT2D eigenvalue weighted by Crippen LogP contribution is -2.50. The van der Waals surface area contributed by atoms with Crippen molar-refractivity contribution in [2.45, 2.75) is 398 Å². The number of hydrogen-bond acceptors (Lipinski definition) is 4. The van der Waals surface area contributed by atoms with E-state index >= 15 is 0 Å². The number of amides is 1. The van der Waals surface area contributed by atoms with Gasteiger partial charge in [-0.05, 0) is 51.4 Å². The van der Waals surface area contributed by atoms with Crippen LogP contribution in [0.25, 0.3) is 0 Å². The van der Waals surface area contributed by atoms with E-state index in [0.29, 0.717) is 12.8 Å². The number of unbranched alkanes of at least 4 members (excludes halogenated alkanes) is 51. The van der Waals surface area contributed by atoms with Gasteiger partial charge in [0.25, 0.3) is 0 Å². The molecule has 0 aliphatic carbocycles. The Balaban J connectivity index is 3.44. The molecule has 3 unspecified atom stereocenters. The lowest BCUT2D eigenvalue weighted by molar-refractivity contribution is -0.124. The van der Waals surface area contributed by atoms with Crippen LogP contribution in [0, 0.1) is 0 Å². The number of hydrogen-bond donors (Lipinski definition) is 4. The third-order valence-corrected chi connectivity index (χ3v) is 16.0. The van der Waals surface area contributed by atoms with E-state index in [1.54, 1.807) is 0 Å². The summed E-state index contributed by atoms with van der Waals surface area (Å²) in [4.78, 5) is 12.5. The summed E-state index contributed by atoms with van der Waals surface area (Å²) in [6.45, 7) is 4.21. The summed E-state index contributed by atoms with van der Waals surface area (Å²) >= 11 is 0. The molecule has 0 aromatic carbocycles. The number of nitrogens with one attached hydrogen (secondary N) is 1. The van der Waals surface area contributed by atoms with Gasteiger partial charge in [-0.25, -0.2) is 0 Å². The van der Waals surface area contributed by atoms with E-state index in [4.69, 9.17) is 0 Å². The number of carbonyl (C=O) groups excluding carboxylic acids is 1. The normalized spacial score (nSPS) is 13.2. The minimum Gasteiger partial charge on any atom is -0.394 e. The topological polar surface area (TPSA) is 89.8 Å². The fourth-order valence-corrected chi connectivity index (χ4v) is 10.9. The van der Waals surface area contributed by atoms with Gasteiger partial charge in [0.05, 0.1) is 18.8 Å². The Labute approximate surface area is 458 Å². The van der Waals surface area contributed by atoms with Crippen LogP contribution < -0.4 is 5.32 Å². The highest BCUT2D eigenvalue weighted by atomic mass is 16.3. The molecule has 1 amide bonds. The molecule has 5 heteroatoms. The van der Waals surface area contributed by atoms with Crippen LogP contribution in [-0.2, 0) is 4.79 Å². The largest absolute Gasteiger partial charge is 0.394 e. The molecule has 0 rings (SSSR count). The first kappa shape index (κ1) is 71.8.